The molecule has 0 bridgehead atoms. The Bertz CT molecular complexity index is 166. The zero-order valence-corrected chi connectivity index (χ0v) is 8.03. The van der Waals surface area contributed by atoms with Crippen LogP contribution in [0, 0.1) is 0 Å². The van der Waals surface area contributed by atoms with Crippen LogP contribution in [0.1, 0.15) is 19.3 Å². The fourth-order valence-corrected chi connectivity index (χ4v) is 1.60. The second-order valence-corrected chi connectivity index (χ2v) is 3.27. The highest BCUT2D eigenvalue weighted by Crippen LogP contribution is 2.11. The summed E-state index contributed by atoms with van der Waals surface area (Å²) in [4.78, 5) is 13.5. The van der Waals surface area contributed by atoms with Gasteiger partial charge in [-0.25, -0.2) is 0 Å². The predicted octanol–water partition coefficient (Wildman–Crippen LogP) is 0.00620. The Morgan fingerprint density at radius 3 is 2.62 bits per heavy atom. The molecule has 0 aromatic carbocycles. The number of aliphatic hydroxyl groups is 1. The second-order valence-electron chi connectivity index (χ2n) is 3.27. The zero-order valence-electron chi connectivity index (χ0n) is 8.03. The van der Waals surface area contributed by atoms with Crippen molar-refractivity contribution < 1.29 is 14.6 Å². The van der Waals surface area contributed by atoms with E-state index in [1.807, 2.05) is 4.90 Å². The summed E-state index contributed by atoms with van der Waals surface area (Å²) in [5, 5.41) is 8.71. The standard InChI is InChI=1S/C9H17NO3/c1-13-8(4-7-11)9(12)10-5-2-3-6-10/h8,11H,2-7H2,1H3. The molecular weight excluding hydrogens is 170 g/mol. The van der Waals surface area contributed by atoms with E-state index < -0.39 is 6.10 Å². The fourth-order valence-electron chi connectivity index (χ4n) is 1.60. The minimum absolute atomic E-state index is 0.00190. The van der Waals surface area contributed by atoms with Crippen molar-refractivity contribution in [3.8, 4) is 0 Å². The van der Waals surface area contributed by atoms with Crippen LogP contribution in [0.15, 0.2) is 0 Å². The minimum Gasteiger partial charge on any atom is -0.396 e. The van der Waals surface area contributed by atoms with E-state index >= 15 is 0 Å². The number of ether oxygens (including phenoxy) is 1. The average molecular weight is 187 g/mol. The zero-order chi connectivity index (χ0) is 9.68. The Morgan fingerprint density at radius 2 is 2.15 bits per heavy atom. The van der Waals surface area contributed by atoms with Crippen molar-refractivity contribution in [1.29, 1.82) is 0 Å². The van der Waals surface area contributed by atoms with Crippen LogP contribution in [0.4, 0.5) is 0 Å². The average Bonchev–Trinajstić information content (AvgIpc) is 2.65. The molecular formula is C9H17NO3. The van der Waals surface area contributed by atoms with Gasteiger partial charge in [-0.2, -0.15) is 0 Å². The number of aliphatic hydroxyl groups excluding tert-OH is 1. The Morgan fingerprint density at radius 1 is 1.54 bits per heavy atom. The molecule has 0 radical (unpaired) electrons. The summed E-state index contributed by atoms with van der Waals surface area (Å²) in [6.45, 7) is 1.67. The Hall–Kier alpha value is -0.610. The molecule has 1 rings (SSSR count). The first-order valence-electron chi connectivity index (χ1n) is 4.72. The van der Waals surface area contributed by atoms with E-state index in [9.17, 15) is 4.79 Å². The maximum absolute atomic E-state index is 11.7. The first-order chi connectivity index (χ1) is 6.29. The summed E-state index contributed by atoms with van der Waals surface area (Å²) < 4.78 is 5.01. The molecule has 0 aliphatic carbocycles. The lowest BCUT2D eigenvalue weighted by atomic mass is 10.2. The molecule has 1 aliphatic rings. The molecule has 0 spiro atoms. The number of rotatable bonds is 4. The van der Waals surface area contributed by atoms with Gasteiger partial charge in [-0.15, -0.1) is 0 Å². The van der Waals surface area contributed by atoms with Crippen molar-refractivity contribution in [2.45, 2.75) is 25.4 Å². The lowest BCUT2D eigenvalue weighted by molar-refractivity contribution is -0.141. The number of amides is 1. The normalized spacial score (nSPS) is 19.1. The first-order valence-corrected chi connectivity index (χ1v) is 4.72. The van der Waals surface area contributed by atoms with Crippen molar-refractivity contribution in [1.82, 2.24) is 4.90 Å². The largest absolute Gasteiger partial charge is 0.396 e. The third kappa shape index (κ3) is 2.67. The minimum atomic E-state index is -0.455. The first kappa shape index (κ1) is 10.5. The van der Waals surface area contributed by atoms with Gasteiger partial charge >= 0.3 is 0 Å². The van der Waals surface area contributed by atoms with Gasteiger partial charge in [0, 0.05) is 33.2 Å². The number of likely N-dealkylation sites (tertiary alicyclic amines) is 1. The van der Waals surface area contributed by atoms with Gasteiger partial charge < -0.3 is 14.7 Å². The molecule has 1 aliphatic heterocycles. The lowest BCUT2D eigenvalue weighted by Gasteiger charge is -2.21. The topological polar surface area (TPSA) is 49.8 Å². The van der Waals surface area contributed by atoms with E-state index in [0.29, 0.717) is 6.42 Å². The molecule has 1 heterocycles. The molecule has 1 atom stereocenters. The van der Waals surface area contributed by atoms with Crippen LogP contribution in [0.25, 0.3) is 0 Å². The van der Waals surface area contributed by atoms with Crippen LogP contribution < -0.4 is 0 Å². The van der Waals surface area contributed by atoms with Crippen LogP contribution >= 0.6 is 0 Å². The summed E-state index contributed by atoms with van der Waals surface area (Å²) in [5.41, 5.74) is 0. The highest BCUT2D eigenvalue weighted by atomic mass is 16.5. The van der Waals surface area contributed by atoms with Crippen LogP contribution in [0.2, 0.25) is 0 Å². The van der Waals surface area contributed by atoms with E-state index in [4.69, 9.17) is 9.84 Å². The molecule has 1 fully saturated rings. The van der Waals surface area contributed by atoms with Crippen molar-refractivity contribution in [3.63, 3.8) is 0 Å². The molecule has 1 amide bonds. The van der Waals surface area contributed by atoms with E-state index in [-0.39, 0.29) is 12.5 Å². The number of hydrogen-bond acceptors (Lipinski definition) is 3. The number of hydrogen-bond donors (Lipinski definition) is 1. The summed E-state index contributed by atoms with van der Waals surface area (Å²) in [6, 6.07) is 0. The van der Waals surface area contributed by atoms with Crippen molar-refractivity contribution in [2.75, 3.05) is 26.8 Å². The Balaban J connectivity index is 2.42. The highest BCUT2D eigenvalue weighted by molar-refractivity contribution is 5.81. The number of methoxy groups -OCH3 is 1. The van der Waals surface area contributed by atoms with E-state index in [0.717, 1.165) is 25.9 Å². The van der Waals surface area contributed by atoms with Crippen molar-refractivity contribution in [3.05, 3.63) is 0 Å². The number of carbonyl (C=O) groups excluding carboxylic acids is 1. The van der Waals surface area contributed by atoms with E-state index in [1.54, 1.807) is 0 Å². The molecule has 0 aromatic rings. The Labute approximate surface area is 78.5 Å². The highest BCUT2D eigenvalue weighted by Gasteiger charge is 2.25. The summed E-state index contributed by atoms with van der Waals surface area (Å²) in [6.07, 6.45) is 2.11. The SMILES string of the molecule is COC(CCO)C(=O)N1CCCC1. The van der Waals surface area contributed by atoms with Gasteiger partial charge in [0.2, 0.25) is 0 Å². The third-order valence-electron chi connectivity index (χ3n) is 2.37. The maximum Gasteiger partial charge on any atom is 0.251 e. The van der Waals surface area contributed by atoms with Crippen molar-refractivity contribution in [2.24, 2.45) is 0 Å². The maximum atomic E-state index is 11.7. The van der Waals surface area contributed by atoms with Crippen LogP contribution in [0.5, 0.6) is 0 Å². The summed E-state index contributed by atoms with van der Waals surface area (Å²) in [7, 11) is 1.51. The van der Waals surface area contributed by atoms with Gasteiger partial charge in [0.1, 0.15) is 6.10 Å². The second kappa shape index (κ2) is 5.19. The molecule has 0 saturated carbocycles. The third-order valence-corrected chi connectivity index (χ3v) is 2.37. The molecule has 1 unspecified atom stereocenters. The molecule has 1 N–H and O–H groups in total. The van der Waals surface area contributed by atoms with Gasteiger partial charge in [-0.3, -0.25) is 4.79 Å². The monoisotopic (exact) mass is 187 g/mol. The van der Waals surface area contributed by atoms with E-state index in [1.165, 1.54) is 7.11 Å². The van der Waals surface area contributed by atoms with Crippen LogP contribution in [-0.4, -0.2) is 48.8 Å². The van der Waals surface area contributed by atoms with Crippen LogP contribution in [-0.2, 0) is 9.53 Å². The molecule has 0 aromatic heterocycles. The molecule has 76 valence electrons. The van der Waals surface area contributed by atoms with E-state index in [2.05, 4.69) is 0 Å². The quantitative estimate of drug-likeness (QED) is 0.674. The molecule has 4 heteroatoms. The molecule has 4 nitrogen and oxygen atoms in total. The Kier molecular flexibility index (Phi) is 4.18. The number of nitrogens with zero attached hydrogens (tertiary/aromatic N) is 1. The lowest BCUT2D eigenvalue weighted by Crippen LogP contribution is -2.38. The molecule has 1 saturated heterocycles. The van der Waals surface area contributed by atoms with Gasteiger partial charge in [0.05, 0.1) is 0 Å². The van der Waals surface area contributed by atoms with Crippen molar-refractivity contribution >= 4 is 5.91 Å². The predicted molar refractivity (Wildman–Crippen MR) is 48.3 cm³/mol. The van der Waals surface area contributed by atoms with Crippen LogP contribution in [0.3, 0.4) is 0 Å². The smallest absolute Gasteiger partial charge is 0.251 e. The van der Waals surface area contributed by atoms with Gasteiger partial charge in [0.15, 0.2) is 0 Å². The summed E-state index contributed by atoms with van der Waals surface area (Å²) in [5.74, 6) is 0.0223. The summed E-state index contributed by atoms with van der Waals surface area (Å²) >= 11 is 0. The van der Waals surface area contributed by atoms with Gasteiger partial charge in [-0.1, -0.05) is 0 Å². The number of carbonyl (C=O) groups is 1. The van der Waals surface area contributed by atoms with Gasteiger partial charge in [-0.05, 0) is 12.8 Å². The fraction of sp³-hybridized carbons (Fsp3) is 0.889. The molecule has 13 heavy (non-hydrogen) atoms. The van der Waals surface area contributed by atoms with Gasteiger partial charge in [0.25, 0.3) is 5.91 Å².